The van der Waals surface area contributed by atoms with E-state index >= 15 is 0 Å². The number of aliphatic carboxylic acids is 1. The monoisotopic (exact) mass is 256 g/mol. The van der Waals surface area contributed by atoms with Crippen LogP contribution in [-0.2, 0) is 4.79 Å². The number of hydrogen-bond donors (Lipinski definition) is 1. The predicted octanol–water partition coefficient (Wildman–Crippen LogP) is 1.90. The molecule has 0 aromatic carbocycles. The quantitative estimate of drug-likeness (QED) is 0.755. The number of rotatable bonds is 7. The Morgan fingerprint density at radius 2 is 1.72 bits per heavy atom. The van der Waals surface area contributed by atoms with E-state index in [0.717, 1.165) is 32.1 Å². The summed E-state index contributed by atoms with van der Waals surface area (Å²) in [5.41, 5.74) is 0. The van der Waals surface area contributed by atoms with E-state index in [1.807, 2.05) is 0 Å². The molecular weight excluding hydrogens is 228 g/mol. The Bertz CT molecular complexity index is 248. The van der Waals surface area contributed by atoms with Crippen LogP contribution < -0.4 is 0 Å². The minimum atomic E-state index is -0.692. The maximum atomic E-state index is 10.5. The van der Waals surface area contributed by atoms with Gasteiger partial charge in [0.25, 0.3) is 0 Å². The molecule has 1 fully saturated rings. The maximum Gasteiger partial charge on any atom is 0.304 e. The molecule has 0 spiro atoms. The summed E-state index contributed by atoms with van der Waals surface area (Å²) in [6.45, 7) is 11.8. The first-order chi connectivity index (χ1) is 8.49. The zero-order valence-corrected chi connectivity index (χ0v) is 12.1. The second kappa shape index (κ2) is 7.74. The summed E-state index contributed by atoms with van der Waals surface area (Å²) in [7, 11) is 0. The standard InChI is InChI=1S/C14H28N2O2/c1-12(2)4-5-13(3)16-10-8-15(9-11-16)7-6-14(17)18/h12-13H,4-11H2,1-3H3,(H,17,18). The van der Waals surface area contributed by atoms with Gasteiger partial charge in [-0.25, -0.2) is 0 Å². The third-order valence-electron chi connectivity index (χ3n) is 3.83. The molecular formula is C14H28N2O2. The summed E-state index contributed by atoms with van der Waals surface area (Å²) in [6, 6.07) is 0.661. The van der Waals surface area contributed by atoms with Crippen molar-refractivity contribution < 1.29 is 9.90 Å². The molecule has 0 bridgehead atoms. The smallest absolute Gasteiger partial charge is 0.304 e. The van der Waals surface area contributed by atoms with Crippen LogP contribution in [0.15, 0.2) is 0 Å². The highest BCUT2D eigenvalue weighted by Gasteiger charge is 2.21. The highest BCUT2D eigenvalue weighted by molar-refractivity contribution is 5.66. The van der Waals surface area contributed by atoms with Crippen LogP contribution in [0.2, 0.25) is 0 Å². The van der Waals surface area contributed by atoms with Crippen LogP contribution in [0.25, 0.3) is 0 Å². The number of nitrogens with zero attached hydrogens (tertiary/aromatic N) is 2. The molecule has 1 N–H and O–H groups in total. The molecule has 0 saturated carbocycles. The molecule has 0 aromatic rings. The fourth-order valence-corrected chi connectivity index (χ4v) is 2.44. The lowest BCUT2D eigenvalue weighted by Crippen LogP contribution is -2.49. The average molecular weight is 256 g/mol. The Balaban J connectivity index is 2.19. The van der Waals surface area contributed by atoms with Gasteiger partial charge in [-0.2, -0.15) is 0 Å². The van der Waals surface area contributed by atoms with Crippen LogP contribution in [0, 0.1) is 5.92 Å². The number of hydrogen-bond acceptors (Lipinski definition) is 3. The van der Waals surface area contributed by atoms with Gasteiger partial charge in [-0.05, 0) is 25.7 Å². The molecule has 1 rings (SSSR count). The largest absolute Gasteiger partial charge is 0.481 e. The third kappa shape index (κ3) is 5.83. The highest BCUT2D eigenvalue weighted by Crippen LogP contribution is 2.14. The van der Waals surface area contributed by atoms with Crippen molar-refractivity contribution in [3.63, 3.8) is 0 Å². The Hall–Kier alpha value is -0.610. The molecule has 106 valence electrons. The number of carboxylic acid groups (broad SMARTS) is 1. The molecule has 0 aliphatic carbocycles. The van der Waals surface area contributed by atoms with E-state index in [1.165, 1.54) is 12.8 Å². The van der Waals surface area contributed by atoms with Gasteiger partial charge in [0.2, 0.25) is 0 Å². The van der Waals surface area contributed by atoms with Gasteiger partial charge in [-0.3, -0.25) is 9.69 Å². The van der Waals surface area contributed by atoms with Crippen molar-refractivity contribution in [2.75, 3.05) is 32.7 Å². The average Bonchev–Trinajstić information content (AvgIpc) is 2.34. The zero-order chi connectivity index (χ0) is 13.5. The van der Waals surface area contributed by atoms with Gasteiger partial charge in [0, 0.05) is 38.8 Å². The lowest BCUT2D eigenvalue weighted by atomic mass is 10.0. The van der Waals surface area contributed by atoms with Gasteiger partial charge in [-0.1, -0.05) is 13.8 Å². The minimum absolute atomic E-state index is 0.267. The first-order valence-corrected chi connectivity index (χ1v) is 7.17. The van der Waals surface area contributed by atoms with Gasteiger partial charge in [0.1, 0.15) is 0 Å². The molecule has 1 aliphatic heterocycles. The Kier molecular flexibility index (Phi) is 6.65. The van der Waals surface area contributed by atoms with Gasteiger partial charge >= 0.3 is 5.97 Å². The van der Waals surface area contributed by atoms with E-state index in [0.29, 0.717) is 12.6 Å². The van der Waals surface area contributed by atoms with E-state index in [-0.39, 0.29) is 6.42 Å². The maximum absolute atomic E-state index is 10.5. The fourth-order valence-electron chi connectivity index (χ4n) is 2.44. The van der Waals surface area contributed by atoms with Crippen molar-refractivity contribution in [2.45, 2.75) is 46.1 Å². The summed E-state index contributed by atoms with van der Waals surface area (Å²) in [5, 5.41) is 8.67. The molecule has 0 aromatic heterocycles. The molecule has 1 atom stereocenters. The summed E-state index contributed by atoms with van der Waals surface area (Å²) in [5.74, 6) is 0.0898. The summed E-state index contributed by atoms with van der Waals surface area (Å²) >= 11 is 0. The van der Waals surface area contributed by atoms with E-state index < -0.39 is 5.97 Å². The van der Waals surface area contributed by atoms with Crippen LogP contribution in [0.1, 0.15) is 40.0 Å². The van der Waals surface area contributed by atoms with Crippen molar-refractivity contribution >= 4 is 5.97 Å². The van der Waals surface area contributed by atoms with Crippen molar-refractivity contribution in [1.29, 1.82) is 0 Å². The van der Waals surface area contributed by atoms with Gasteiger partial charge in [0.15, 0.2) is 0 Å². The molecule has 0 radical (unpaired) electrons. The second-order valence-corrected chi connectivity index (χ2v) is 5.84. The first-order valence-electron chi connectivity index (χ1n) is 7.17. The van der Waals surface area contributed by atoms with Crippen LogP contribution >= 0.6 is 0 Å². The third-order valence-corrected chi connectivity index (χ3v) is 3.83. The number of piperazine rings is 1. The Morgan fingerprint density at radius 3 is 2.22 bits per heavy atom. The lowest BCUT2D eigenvalue weighted by molar-refractivity contribution is -0.137. The molecule has 1 heterocycles. The van der Waals surface area contributed by atoms with Crippen LogP contribution in [0.5, 0.6) is 0 Å². The molecule has 1 saturated heterocycles. The summed E-state index contributed by atoms with van der Waals surface area (Å²) in [4.78, 5) is 15.3. The van der Waals surface area contributed by atoms with Crippen LogP contribution in [0.4, 0.5) is 0 Å². The lowest BCUT2D eigenvalue weighted by Gasteiger charge is -2.38. The minimum Gasteiger partial charge on any atom is -0.481 e. The SMILES string of the molecule is CC(C)CCC(C)N1CCN(CCC(=O)O)CC1. The van der Waals surface area contributed by atoms with Crippen molar-refractivity contribution in [1.82, 2.24) is 9.80 Å². The number of carboxylic acids is 1. The molecule has 1 unspecified atom stereocenters. The topological polar surface area (TPSA) is 43.8 Å². The summed E-state index contributed by atoms with van der Waals surface area (Å²) < 4.78 is 0. The van der Waals surface area contributed by atoms with Gasteiger partial charge < -0.3 is 10.0 Å². The summed E-state index contributed by atoms with van der Waals surface area (Å²) in [6.07, 6.45) is 2.83. The predicted molar refractivity (Wildman–Crippen MR) is 73.8 cm³/mol. The Morgan fingerprint density at radius 1 is 1.11 bits per heavy atom. The van der Waals surface area contributed by atoms with E-state index in [4.69, 9.17) is 5.11 Å². The van der Waals surface area contributed by atoms with Gasteiger partial charge in [-0.15, -0.1) is 0 Å². The van der Waals surface area contributed by atoms with E-state index in [1.54, 1.807) is 0 Å². The van der Waals surface area contributed by atoms with Gasteiger partial charge in [0.05, 0.1) is 6.42 Å². The number of carbonyl (C=O) groups is 1. The zero-order valence-electron chi connectivity index (χ0n) is 12.1. The van der Waals surface area contributed by atoms with Crippen LogP contribution in [0.3, 0.4) is 0 Å². The fraction of sp³-hybridized carbons (Fsp3) is 0.929. The van der Waals surface area contributed by atoms with Crippen LogP contribution in [-0.4, -0.2) is 59.6 Å². The second-order valence-electron chi connectivity index (χ2n) is 5.84. The molecule has 18 heavy (non-hydrogen) atoms. The van der Waals surface area contributed by atoms with Crippen molar-refractivity contribution in [2.24, 2.45) is 5.92 Å². The first kappa shape index (κ1) is 15.4. The Labute approximate surface area is 111 Å². The molecule has 1 aliphatic rings. The molecule has 4 nitrogen and oxygen atoms in total. The highest BCUT2D eigenvalue weighted by atomic mass is 16.4. The molecule has 0 amide bonds. The van der Waals surface area contributed by atoms with E-state index in [2.05, 4.69) is 30.6 Å². The van der Waals surface area contributed by atoms with Crippen molar-refractivity contribution in [3.05, 3.63) is 0 Å². The normalized spacial score (nSPS) is 20.2. The van der Waals surface area contributed by atoms with Crippen molar-refractivity contribution in [3.8, 4) is 0 Å². The van der Waals surface area contributed by atoms with E-state index in [9.17, 15) is 4.79 Å². The molecule has 4 heteroatoms.